The van der Waals surface area contributed by atoms with Gasteiger partial charge >= 0.3 is 0 Å². The first-order chi connectivity index (χ1) is 16.7. The van der Waals surface area contributed by atoms with E-state index >= 15 is 0 Å². The van der Waals surface area contributed by atoms with Crippen molar-refractivity contribution in [2.75, 3.05) is 11.2 Å². The summed E-state index contributed by atoms with van der Waals surface area (Å²) in [5.41, 5.74) is 12.1. The molecule has 0 unspecified atom stereocenters. The second-order valence-electron chi connectivity index (χ2n) is 7.46. The van der Waals surface area contributed by atoms with Crippen LogP contribution in [0.2, 0.25) is 0 Å². The number of nitrogens with two attached hydrogens (primary N) is 1. The van der Waals surface area contributed by atoms with Gasteiger partial charge in [-0.2, -0.15) is 4.98 Å². The minimum Gasteiger partial charge on any atom is -0.368 e. The van der Waals surface area contributed by atoms with Crippen molar-refractivity contribution >= 4 is 17.7 Å². The summed E-state index contributed by atoms with van der Waals surface area (Å²) in [7, 11) is 1.56. The number of hydrogen-bond donors (Lipinski definition) is 3. The summed E-state index contributed by atoms with van der Waals surface area (Å²) < 4.78 is 41.8. The zero-order chi connectivity index (χ0) is 25.1. The smallest absolute Gasteiger partial charge is 0.250 e. The van der Waals surface area contributed by atoms with E-state index in [4.69, 9.17) is 5.73 Å². The number of aromatic nitrogens is 4. The van der Waals surface area contributed by atoms with Crippen LogP contribution in [-0.2, 0) is 18.3 Å². The molecule has 0 aliphatic heterocycles. The first kappa shape index (κ1) is 23.4. The van der Waals surface area contributed by atoms with Crippen molar-refractivity contribution in [3.05, 3.63) is 88.4 Å². The van der Waals surface area contributed by atoms with E-state index in [1.165, 1.54) is 47.2 Å². The summed E-state index contributed by atoms with van der Waals surface area (Å²) in [6.07, 6.45) is 1.85. The molecule has 4 aromatic rings. The molecule has 0 saturated carbocycles. The van der Waals surface area contributed by atoms with E-state index in [9.17, 15) is 22.8 Å². The van der Waals surface area contributed by atoms with Crippen LogP contribution in [0.25, 0.3) is 22.4 Å². The Morgan fingerprint density at radius 1 is 1.03 bits per heavy atom. The molecule has 0 atom stereocenters. The van der Waals surface area contributed by atoms with Crippen molar-refractivity contribution in [2.24, 2.45) is 7.05 Å². The van der Waals surface area contributed by atoms with Crippen LogP contribution in [0, 0.1) is 17.5 Å². The van der Waals surface area contributed by atoms with E-state index in [-0.39, 0.29) is 23.0 Å². The maximum Gasteiger partial charge on any atom is 0.250 e. The normalized spacial score (nSPS) is 10.7. The van der Waals surface area contributed by atoms with E-state index in [1.54, 1.807) is 7.05 Å². The molecule has 0 bridgehead atoms. The number of nitrogens with zero attached hydrogens (tertiary/aromatic N) is 4. The third-order valence-electron chi connectivity index (χ3n) is 4.95. The molecule has 12 heteroatoms. The minimum absolute atomic E-state index is 0.0661. The Hall–Kier alpha value is -4.74. The lowest BCUT2D eigenvalue weighted by Crippen LogP contribution is -2.32. The predicted molar refractivity (Wildman–Crippen MR) is 122 cm³/mol. The zero-order valence-corrected chi connectivity index (χ0v) is 18.2. The number of pyridine rings is 2. The Labute approximate surface area is 196 Å². The zero-order valence-electron chi connectivity index (χ0n) is 18.2. The van der Waals surface area contributed by atoms with Crippen molar-refractivity contribution in [1.82, 2.24) is 24.9 Å². The van der Waals surface area contributed by atoms with Crippen molar-refractivity contribution in [3.63, 3.8) is 0 Å². The van der Waals surface area contributed by atoms with Crippen molar-refractivity contribution in [2.45, 2.75) is 6.42 Å². The highest BCUT2D eigenvalue weighted by Gasteiger charge is 2.19. The van der Waals surface area contributed by atoms with Crippen LogP contribution < -0.4 is 22.1 Å². The number of hydrogen-bond acceptors (Lipinski definition) is 7. The molecule has 4 rings (SSSR count). The Morgan fingerprint density at radius 2 is 1.74 bits per heavy atom. The third kappa shape index (κ3) is 5.27. The summed E-state index contributed by atoms with van der Waals surface area (Å²) in [6, 6.07) is 8.98. The van der Waals surface area contributed by atoms with Gasteiger partial charge in [0.05, 0.1) is 29.6 Å². The fourth-order valence-corrected chi connectivity index (χ4v) is 3.30. The van der Waals surface area contributed by atoms with Crippen molar-refractivity contribution in [1.29, 1.82) is 0 Å². The largest absolute Gasteiger partial charge is 0.368 e. The molecule has 178 valence electrons. The first-order valence-electron chi connectivity index (χ1n) is 10.2. The summed E-state index contributed by atoms with van der Waals surface area (Å²) in [5, 5.41) is 0. The van der Waals surface area contributed by atoms with Crippen LogP contribution in [0.3, 0.4) is 0 Å². The molecule has 35 heavy (non-hydrogen) atoms. The number of rotatable bonds is 6. The fourth-order valence-electron chi connectivity index (χ4n) is 3.30. The molecular weight excluding hydrogens is 463 g/mol. The van der Waals surface area contributed by atoms with Crippen LogP contribution >= 0.6 is 0 Å². The standard InChI is InChI=1S/C23H18F3N7O2/c1-33-11-13(4-7-19(33)35)20-21(12-2-5-14(24)6-3-12)29-23(27)30-22(20)32-31-18(34)9-17-16(26)8-15(25)10-28-17/h2-8,10-11H,9H2,1H3,(H,31,34)(H3,27,29,30,32). The molecular formula is C23H18F3N7O2. The second kappa shape index (κ2) is 9.63. The topological polar surface area (TPSA) is 128 Å². The van der Waals surface area contributed by atoms with E-state index in [0.717, 1.165) is 6.20 Å². The number of halogens is 3. The molecule has 3 aromatic heterocycles. The Kier molecular flexibility index (Phi) is 6.44. The monoisotopic (exact) mass is 481 g/mol. The number of carbonyl (C=O) groups excluding carboxylic acids is 1. The van der Waals surface area contributed by atoms with Crippen molar-refractivity contribution in [3.8, 4) is 22.4 Å². The SMILES string of the molecule is Cn1cc(-c2c(NNC(=O)Cc3ncc(F)cc3F)nc(N)nc2-c2ccc(F)cc2)ccc1=O. The van der Waals surface area contributed by atoms with Gasteiger partial charge in [0.15, 0.2) is 5.82 Å². The molecule has 0 radical (unpaired) electrons. The van der Waals surface area contributed by atoms with Gasteiger partial charge in [-0.05, 0) is 30.3 Å². The van der Waals surface area contributed by atoms with E-state index in [0.29, 0.717) is 28.5 Å². The summed E-state index contributed by atoms with van der Waals surface area (Å²) in [4.78, 5) is 36.3. The number of amides is 1. The number of hydrazine groups is 1. The highest BCUT2D eigenvalue weighted by Crippen LogP contribution is 2.35. The molecule has 0 saturated heterocycles. The van der Waals surface area contributed by atoms with Gasteiger partial charge in [-0.1, -0.05) is 0 Å². The second-order valence-corrected chi connectivity index (χ2v) is 7.46. The number of aryl methyl sites for hydroxylation is 1. The van der Waals surface area contributed by atoms with E-state index < -0.39 is 29.8 Å². The highest BCUT2D eigenvalue weighted by atomic mass is 19.1. The Bertz CT molecular complexity index is 1470. The molecule has 3 heterocycles. The summed E-state index contributed by atoms with van der Waals surface area (Å²) in [6.45, 7) is 0. The van der Waals surface area contributed by atoms with Crippen molar-refractivity contribution < 1.29 is 18.0 Å². The lowest BCUT2D eigenvalue weighted by molar-refractivity contribution is -0.120. The van der Waals surface area contributed by atoms with E-state index in [2.05, 4.69) is 25.8 Å². The van der Waals surface area contributed by atoms with Gasteiger partial charge < -0.3 is 10.3 Å². The van der Waals surface area contributed by atoms with Gasteiger partial charge in [-0.25, -0.2) is 18.2 Å². The third-order valence-corrected chi connectivity index (χ3v) is 4.95. The molecule has 0 fully saturated rings. The van der Waals surface area contributed by atoms with Crippen LogP contribution in [0.4, 0.5) is 24.9 Å². The van der Waals surface area contributed by atoms with E-state index in [1.807, 2.05) is 0 Å². The lowest BCUT2D eigenvalue weighted by atomic mass is 10.0. The number of nitrogen functional groups attached to an aromatic ring is 1. The Balaban J connectivity index is 1.72. The number of benzene rings is 1. The molecule has 1 amide bonds. The molecule has 0 aliphatic carbocycles. The molecule has 4 N–H and O–H groups in total. The average Bonchev–Trinajstić information content (AvgIpc) is 2.81. The van der Waals surface area contributed by atoms with Gasteiger partial charge in [0.2, 0.25) is 17.4 Å². The summed E-state index contributed by atoms with van der Waals surface area (Å²) in [5.74, 6) is -3.06. The van der Waals surface area contributed by atoms with Gasteiger partial charge in [0.25, 0.3) is 0 Å². The molecule has 0 aliphatic rings. The maximum atomic E-state index is 13.9. The van der Waals surface area contributed by atoms with Gasteiger partial charge in [0, 0.05) is 36.5 Å². The molecule has 1 aromatic carbocycles. The van der Waals surface area contributed by atoms with Gasteiger partial charge in [-0.15, -0.1) is 0 Å². The molecule has 9 nitrogen and oxygen atoms in total. The first-order valence-corrected chi connectivity index (χ1v) is 10.2. The van der Waals surface area contributed by atoms with Gasteiger partial charge in [0.1, 0.15) is 17.5 Å². The molecule has 0 spiro atoms. The van der Waals surface area contributed by atoms with Crippen LogP contribution in [0.5, 0.6) is 0 Å². The quantitative estimate of drug-likeness (QED) is 0.361. The maximum absolute atomic E-state index is 13.9. The fraction of sp³-hybridized carbons (Fsp3) is 0.0870. The van der Waals surface area contributed by atoms with Crippen LogP contribution in [-0.4, -0.2) is 25.4 Å². The predicted octanol–water partition coefficient (Wildman–Crippen LogP) is 2.59. The van der Waals surface area contributed by atoms with Crippen LogP contribution in [0.15, 0.2) is 59.7 Å². The summed E-state index contributed by atoms with van der Waals surface area (Å²) >= 11 is 0. The number of carbonyl (C=O) groups is 1. The van der Waals surface area contributed by atoms with Gasteiger partial charge in [-0.3, -0.25) is 25.4 Å². The lowest BCUT2D eigenvalue weighted by Gasteiger charge is -2.17. The minimum atomic E-state index is -0.962. The number of nitrogens with one attached hydrogen (secondary N) is 2. The Morgan fingerprint density at radius 3 is 2.43 bits per heavy atom. The highest BCUT2D eigenvalue weighted by molar-refractivity contribution is 5.89. The number of anilines is 2. The average molecular weight is 481 g/mol. The van der Waals surface area contributed by atoms with Crippen LogP contribution in [0.1, 0.15) is 5.69 Å².